The van der Waals surface area contributed by atoms with Crippen molar-refractivity contribution >= 4 is 0 Å². The van der Waals surface area contributed by atoms with E-state index in [1.54, 1.807) is 0 Å². The van der Waals surface area contributed by atoms with Crippen molar-refractivity contribution in [2.24, 2.45) is 0 Å². The molecule has 1 aliphatic rings. The summed E-state index contributed by atoms with van der Waals surface area (Å²) < 4.78 is 0. The number of rotatable bonds is 2. The molecule has 0 amide bonds. The largest absolute Gasteiger partial charge is 0.316 e. The molecular formula is C18H21N. The van der Waals surface area contributed by atoms with E-state index in [2.05, 4.69) is 66.8 Å². The van der Waals surface area contributed by atoms with Crippen LogP contribution in [0.2, 0.25) is 0 Å². The van der Waals surface area contributed by atoms with Crippen molar-refractivity contribution in [3.05, 3.63) is 71.3 Å². The summed E-state index contributed by atoms with van der Waals surface area (Å²) in [6.07, 6.45) is 1.22. The van der Waals surface area contributed by atoms with E-state index in [4.69, 9.17) is 0 Å². The molecule has 2 atom stereocenters. The lowest BCUT2D eigenvalue weighted by atomic mass is 9.77. The summed E-state index contributed by atoms with van der Waals surface area (Å²) in [4.78, 5) is 0. The first-order chi connectivity index (χ1) is 9.34. The molecule has 0 bridgehead atoms. The van der Waals surface area contributed by atoms with Gasteiger partial charge in [0.2, 0.25) is 0 Å². The molecule has 19 heavy (non-hydrogen) atoms. The standard InChI is InChI=1S/C18H21N/c1-14-6-5-9-16(12-14)18-13-19-11-10-17(18)15-7-3-2-4-8-15/h2-9,12,17-19H,10-11,13H2,1H3. The molecule has 1 nitrogen and oxygen atoms in total. The normalized spacial score (nSPS) is 23.2. The minimum atomic E-state index is 0.594. The van der Waals surface area contributed by atoms with E-state index < -0.39 is 0 Å². The average molecular weight is 251 g/mol. The van der Waals surface area contributed by atoms with Crippen molar-refractivity contribution in [2.75, 3.05) is 13.1 Å². The molecule has 2 aromatic rings. The molecule has 1 N–H and O–H groups in total. The summed E-state index contributed by atoms with van der Waals surface area (Å²) in [5, 5.41) is 3.55. The summed E-state index contributed by atoms with van der Waals surface area (Å²) in [7, 11) is 0. The Kier molecular flexibility index (Phi) is 3.65. The molecule has 2 aromatic carbocycles. The van der Waals surface area contributed by atoms with Crippen molar-refractivity contribution in [3.8, 4) is 0 Å². The first kappa shape index (κ1) is 12.4. The van der Waals surface area contributed by atoms with Crippen LogP contribution in [-0.4, -0.2) is 13.1 Å². The van der Waals surface area contributed by atoms with E-state index >= 15 is 0 Å². The predicted octanol–water partition coefficient (Wildman–Crippen LogP) is 3.86. The average Bonchev–Trinajstić information content (AvgIpc) is 2.48. The van der Waals surface area contributed by atoms with E-state index in [1.807, 2.05) is 0 Å². The zero-order valence-electron chi connectivity index (χ0n) is 11.5. The van der Waals surface area contributed by atoms with Crippen LogP contribution in [0.4, 0.5) is 0 Å². The topological polar surface area (TPSA) is 12.0 Å². The van der Waals surface area contributed by atoms with Gasteiger partial charge in [-0.3, -0.25) is 0 Å². The Balaban J connectivity index is 1.93. The monoisotopic (exact) mass is 251 g/mol. The molecule has 1 heterocycles. The fourth-order valence-corrected chi connectivity index (χ4v) is 3.21. The van der Waals surface area contributed by atoms with Gasteiger partial charge < -0.3 is 5.32 Å². The Bertz CT molecular complexity index is 532. The van der Waals surface area contributed by atoms with Crippen LogP contribution in [0, 0.1) is 6.92 Å². The molecule has 0 spiro atoms. The molecule has 98 valence electrons. The van der Waals surface area contributed by atoms with Gasteiger partial charge in [-0.1, -0.05) is 60.2 Å². The molecule has 0 aromatic heterocycles. The second kappa shape index (κ2) is 5.58. The third-order valence-electron chi connectivity index (χ3n) is 4.18. The van der Waals surface area contributed by atoms with Gasteiger partial charge in [0.1, 0.15) is 0 Å². The SMILES string of the molecule is Cc1cccc(C2CNCCC2c2ccccc2)c1. The van der Waals surface area contributed by atoms with Gasteiger partial charge in [0.25, 0.3) is 0 Å². The third kappa shape index (κ3) is 2.71. The van der Waals surface area contributed by atoms with Crippen LogP contribution in [0.1, 0.15) is 34.9 Å². The molecule has 0 radical (unpaired) electrons. The van der Waals surface area contributed by atoms with Gasteiger partial charge in [-0.2, -0.15) is 0 Å². The van der Waals surface area contributed by atoms with E-state index in [0.29, 0.717) is 11.8 Å². The molecule has 1 aliphatic heterocycles. The second-order valence-electron chi connectivity index (χ2n) is 5.53. The van der Waals surface area contributed by atoms with Gasteiger partial charge in [-0.05, 0) is 36.9 Å². The van der Waals surface area contributed by atoms with Crippen LogP contribution in [0.5, 0.6) is 0 Å². The van der Waals surface area contributed by atoms with Gasteiger partial charge in [-0.25, -0.2) is 0 Å². The highest BCUT2D eigenvalue weighted by Crippen LogP contribution is 2.37. The van der Waals surface area contributed by atoms with Crippen molar-refractivity contribution in [3.63, 3.8) is 0 Å². The smallest absolute Gasteiger partial charge is 0.00327 e. The molecule has 1 fully saturated rings. The number of benzene rings is 2. The van der Waals surface area contributed by atoms with Gasteiger partial charge in [0, 0.05) is 12.5 Å². The van der Waals surface area contributed by atoms with Crippen LogP contribution in [0.25, 0.3) is 0 Å². The maximum absolute atomic E-state index is 3.55. The second-order valence-corrected chi connectivity index (χ2v) is 5.53. The van der Waals surface area contributed by atoms with Gasteiger partial charge >= 0.3 is 0 Å². The molecule has 3 rings (SSSR count). The quantitative estimate of drug-likeness (QED) is 0.854. The van der Waals surface area contributed by atoms with Crippen molar-refractivity contribution in [2.45, 2.75) is 25.2 Å². The summed E-state index contributed by atoms with van der Waals surface area (Å²) in [5.74, 6) is 1.24. The zero-order valence-corrected chi connectivity index (χ0v) is 11.5. The van der Waals surface area contributed by atoms with Crippen LogP contribution in [0.3, 0.4) is 0 Å². The molecular weight excluding hydrogens is 230 g/mol. The van der Waals surface area contributed by atoms with E-state index in [1.165, 1.54) is 23.1 Å². The number of hydrogen-bond acceptors (Lipinski definition) is 1. The number of hydrogen-bond donors (Lipinski definition) is 1. The Labute approximate surface area is 115 Å². The summed E-state index contributed by atoms with van der Waals surface area (Å²) in [5.41, 5.74) is 4.31. The highest BCUT2D eigenvalue weighted by Gasteiger charge is 2.27. The van der Waals surface area contributed by atoms with E-state index in [0.717, 1.165) is 13.1 Å². The summed E-state index contributed by atoms with van der Waals surface area (Å²) in [6, 6.07) is 20.0. The number of nitrogens with one attached hydrogen (secondary N) is 1. The van der Waals surface area contributed by atoms with Crippen molar-refractivity contribution < 1.29 is 0 Å². The molecule has 0 aliphatic carbocycles. The Hall–Kier alpha value is -1.60. The third-order valence-corrected chi connectivity index (χ3v) is 4.18. The highest BCUT2D eigenvalue weighted by molar-refractivity contribution is 5.32. The van der Waals surface area contributed by atoms with Gasteiger partial charge in [0.05, 0.1) is 0 Å². The van der Waals surface area contributed by atoms with E-state index in [-0.39, 0.29) is 0 Å². The Morgan fingerprint density at radius 3 is 2.47 bits per heavy atom. The lowest BCUT2D eigenvalue weighted by Gasteiger charge is -2.33. The minimum absolute atomic E-state index is 0.594. The summed E-state index contributed by atoms with van der Waals surface area (Å²) >= 11 is 0. The van der Waals surface area contributed by atoms with Crippen molar-refractivity contribution in [1.29, 1.82) is 0 Å². The van der Waals surface area contributed by atoms with Crippen LogP contribution >= 0.6 is 0 Å². The fraction of sp³-hybridized carbons (Fsp3) is 0.333. The van der Waals surface area contributed by atoms with Crippen LogP contribution in [-0.2, 0) is 0 Å². The molecule has 1 saturated heterocycles. The Morgan fingerprint density at radius 1 is 0.895 bits per heavy atom. The minimum Gasteiger partial charge on any atom is -0.316 e. The lowest BCUT2D eigenvalue weighted by Crippen LogP contribution is -2.34. The fourth-order valence-electron chi connectivity index (χ4n) is 3.21. The molecule has 0 saturated carbocycles. The molecule has 1 heteroatoms. The first-order valence-corrected chi connectivity index (χ1v) is 7.17. The van der Waals surface area contributed by atoms with Gasteiger partial charge in [-0.15, -0.1) is 0 Å². The molecule has 2 unspecified atom stereocenters. The lowest BCUT2D eigenvalue weighted by molar-refractivity contribution is 0.404. The Morgan fingerprint density at radius 2 is 1.68 bits per heavy atom. The highest BCUT2D eigenvalue weighted by atomic mass is 14.9. The van der Waals surface area contributed by atoms with Crippen LogP contribution < -0.4 is 5.32 Å². The van der Waals surface area contributed by atoms with E-state index in [9.17, 15) is 0 Å². The predicted molar refractivity (Wildman–Crippen MR) is 80.6 cm³/mol. The zero-order chi connectivity index (χ0) is 13.1. The van der Waals surface area contributed by atoms with Crippen molar-refractivity contribution in [1.82, 2.24) is 5.32 Å². The number of piperidine rings is 1. The van der Waals surface area contributed by atoms with Crippen LogP contribution in [0.15, 0.2) is 54.6 Å². The first-order valence-electron chi connectivity index (χ1n) is 7.17. The number of aryl methyl sites for hydroxylation is 1. The maximum atomic E-state index is 3.55. The maximum Gasteiger partial charge on any atom is 0.00327 e. The van der Waals surface area contributed by atoms with Gasteiger partial charge in [0.15, 0.2) is 0 Å². The summed E-state index contributed by atoms with van der Waals surface area (Å²) in [6.45, 7) is 4.39.